The molecule has 0 aliphatic carbocycles. The van der Waals surface area contributed by atoms with Crippen molar-refractivity contribution in [2.75, 3.05) is 0 Å². The summed E-state index contributed by atoms with van der Waals surface area (Å²) in [4.78, 5) is 0. The Morgan fingerprint density at radius 3 is 0.513 bits per heavy atom. The molecule has 30 aromatic carbocycles. The van der Waals surface area contributed by atoms with Gasteiger partial charge in [-0.15, -0.1) is 0 Å². The summed E-state index contributed by atoms with van der Waals surface area (Å²) in [5.41, 5.74) is 27.9. The molecule has 0 N–H and O–H groups in total. The van der Waals surface area contributed by atoms with Crippen LogP contribution in [0.15, 0.2) is 595 Å². The minimum Gasteiger partial charge on any atom is -0.0622 e. The fourth-order valence-corrected chi connectivity index (χ4v) is 23.8. The molecule has 0 aromatic heterocycles. The largest absolute Gasteiger partial charge is 0.0622 e. The number of rotatable bonds is 11. The van der Waals surface area contributed by atoms with Gasteiger partial charge in [0.05, 0.1) is 0 Å². The first-order valence-electron chi connectivity index (χ1n) is 52.0. The predicted molar refractivity (Wildman–Crippen MR) is 648 cm³/mol. The highest BCUT2D eigenvalue weighted by Gasteiger charge is 2.25. The second kappa shape index (κ2) is 38.9. The van der Waals surface area contributed by atoms with Gasteiger partial charge in [0.2, 0.25) is 0 Å². The molecule has 0 nitrogen and oxygen atoms in total. The van der Waals surface area contributed by atoms with Gasteiger partial charge in [0.15, 0.2) is 0 Å². The summed E-state index contributed by atoms with van der Waals surface area (Å²) >= 11 is 0. The molecule has 0 saturated carbocycles. The number of fused-ring (bicyclic) bond motifs is 15. The van der Waals surface area contributed by atoms with Gasteiger partial charge in [-0.05, 0) is 333 Å². The first-order chi connectivity index (χ1) is 74.4. The van der Waals surface area contributed by atoms with Gasteiger partial charge in [-0.1, -0.05) is 546 Å². The molecule has 30 aromatic rings. The fraction of sp³-hybridized carbons (Fsp3) is 0. The molecule has 0 bridgehead atoms. The van der Waals surface area contributed by atoms with Crippen LogP contribution in [0.1, 0.15) is 0 Å². The Labute approximate surface area is 871 Å². The van der Waals surface area contributed by atoms with E-state index in [2.05, 4.69) is 595 Å². The van der Waals surface area contributed by atoms with Crippen LogP contribution in [0.3, 0.4) is 0 Å². The quantitative estimate of drug-likeness (QED) is 0.113. The van der Waals surface area contributed by atoms with Gasteiger partial charge < -0.3 is 0 Å². The smallest absolute Gasteiger partial charge is 0.00201 e. The topological polar surface area (TPSA) is 0 Å². The maximum atomic E-state index is 2.37. The number of benzene rings is 30. The summed E-state index contributed by atoms with van der Waals surface area (Å²) < 4.78 is 0. The van der Waals surface area contributed by atoms with Crippen LogP contribution < -0.4 is 0 Å². The Bertz CT molecular complexity index is 10300. The van der Waals surface area contributed by atoms with E-state index >= 15 is 0 Å². The van der Waals surface area contributed by atoms with Gasteiger partial charge in [0, 0.05) is 0 Å². The molecule has 0 saturated heterocycles. The zero-order chi connectivity index (χ0) is 99.3. The highest BCUT2D eigenvalue weighted by molar-refractivity contribution is 6.28. The second-order valence-electron chi connectivity index (χ2n) is 39.3. The summed E-state index contributed by atoms with van der Waals surface area (Å²) in [5.74, 6) is 0. The van der Waals surface area contributed by atoms with Gasteiger partial charge in [0.1, 0.15) is 0 Å². The average molecular weight is 1900 g/mol. The van der Waals surface area contributed by atoms with Crippen molar-refractivity contribution in [3.8, 4) is 122 Å². The van der Waals surface area contributed by atoms with Crippen LogP contribution in [0.25, 0.3) is 284 Å². The predicted octanol–water partition coefficient (Wildman–Crippen LogP) is 42.4. The molecule has 0 radical (unpaired) electrons. The molecular weight excluding hydrogens is 1800 g/mol. The van der Waals surface area contributed by atoms with Crippen molar-refractivity contribution in [1.29, 1.82) is 0 Å². The maximum absolute atomic E-state index is 2.37. The monoisotopic (exact) mass is 1900 g/mol. The van der Waals surface area contributed by atoms with Crippen LogP contribution in [0.4, 0.5) is 0 Å². The molecule has 0 heteroatoms. The molecular formula is C150H98. The lowest BCUT2D eigenvalue weighted by atomic mass is 9.84. The molecule has 0 spiro atoms. The molecule has 0 unspecified atom stereocenters. The van der Waals surface area contributed by atoms with E-state index in [4.69, 9.17) is 0 Å². The van der Waals surface area contributed by atoms with Crippen molar-refractivity contribution in [3.63, 3.8) is 0 Å². The SMILES string of the molecule is c1cc(-c2ccc3ccccc3c2)cc(-c2c3ccccc3c(-c3ccc4ccccc4c3)c3ccccc23)c1.c1cc(-c2cccc3ccccc23)cc(-c2c3ccccc3c(-c3ccc4ccccc4c3)c3ccccc23)c1.c1ccc(-c2cccc(-c3c4ccccc4c(-c4ccc5ccccc5c4)c4ccccc34)c2)cc1.c1ccc2cc(-c3c4ccccc4c(-c4cccc5ccccc45)c4ccccc34)ccc2c1. The highest BCUT2D eigenvalue weighted by atomic mass is 14.3. The minimum absolute atomic E-state index is 1.23. The molecule has 0 heterocycles. The average Bonchev–Trinajstić information content (AvgIpc) is 0.749. The Hall–Kier alpha value is -19.5. The van der Waals surface area contributed by atoms with E-state index in [-0.39, 0.29) is 0 Å². The minimum atomic E-state index is 1.23. The van der Waals surface area contributed by atoms with E-state index in [0.717, 1.165) is 0 Å². The van der Waals surface area contributed by atoms with Crippen LogP contribution in [-0.4, -0.2) is 0 Å². The molecule has 30 rings (SSSR count). The Morgan fingerprint density at radius 2 is 0.227 bits per heavy atom. The van der Waals surface area contributed by atoms with Crippen LogP contribution in [0.5, 0.6) is 0 Å². The van der Waals surface area contributed by atoms with Gasteiger partial charge in [-0.2, -0.15) is 0 Å². The van der Waals surface area contributed by atoms with Crippen LogP contribution >= 0.6 is 0 Å². The van der Waals surface area contributed by atoms with Crippen LogP contribution in [-0.2, 0) is 0 Å². The van der Waals surface area contributed by atoms with Crippen LogP contribution in [0, 0.1) is 0 Å². The summed E-state index contributed by atoms with van der Waals surface area (Å²) in [5, 5.41) is 38.3. The van der Waals surface area contributed by atoms with Gasteiger partial charge >= 0.3 is 0 Å². The zero-order valence-electron chi connectivity index (χ0n) is 82.6. The van der Waals surface area contributed by atoms with Crippen molar-refractivity contribution >= 4 is 162 Å². The van der Waals surface area contributed by atoms with Crippen molar-refractivity contribution in [2.45, 2.75) is 0 Å². The zero-order valence-corrected chi connectivity index (χ0v) is 82.6. The first-order valence-corrected chi connectivity index (χ1v) is 52.0. The molecule has 0 fully saturated rings. The summed E-state index contributed by atoms with van der Waals surface area (Å²) in [6, 6.07) is 217. The Kier molecular flexibility index (Phi) is 23.2. The van der Waals surface area contributed by atoms with E-state index in [1.54, 1.807) is 0 Å². The van der Waals surface area contributed by atoms with Gasteiger partial charge in [0.25, 0.3) is 0 Å². The lowest BCUT2D eigenvalue weighted by molar-refractivity contribution is 1.61. The van der Waals surface area contributed by atoms with E-state index in [1.165, 1.54) is 284 Å². The Balaban J connectivity index is 0.0000000985. The normalized spacial score (nSPS) is 11.5. The van der Waals surface area contributed by atoms with Crippen molar-refractivity contribution in [2.24, 2.45) is 0 Å². The number of hydrogen-bond acceptors (Lipinski definition) is 0. The van der Waals surface area contributed by atoms with E-state index < -0.39 is 0 Å². The maximum Gasteiger partial charge on any atom is -0.00201 e. The fourth-order valence-electron chi connectivity index (χ4n) is 23.8. The van der Waals surface area contributed by atoms with Crippen molar-refractivity contribution < 1.29 is 0 Å². The summed E-state index contributed by atoms with van der Waals surface area (Å²) in [7, 11) is 0. The molecule has 698 valence electrons. The first kappa shape index (κ1) is 89.4. The summed E-state index contributed by atoms with van der Waals surface area (Å²) in [6.07, 6.45) is 0. The molecule has 0 aliphatic rings. The second-order valence-corrected chi connectivity index (χ2v) is 39.3. The van der Waals surface area contributed by atoms with E-state index in [0.29, 0.717) is 0 Å². The summed E-state index contributed by atoms with van der Waals surface area (Å²) in [6.45, 7) is 0. The van der Waals surface area contributed by atoms with Crippen molar-refractivity contribution in [1.82, 2.24) is 0 Å². The molecule has 0 aliphatic heterocycles. The van der Waals surface area contributed by atoms with Crippen molar-refractivity contribution in [3.05, 3.63) is 595 Å². The van der Waals surface area contributed by atoms with E-state index in [1.807, 2.05) is 0 Å². The highest BCUT2D eigenvalue weighted by Crippen LogP contribution is 2.52. The third kappa shape index (κ3) is 16.4. The molecule has 0 atom stereocenters. The standard InChI is InChI=1S/2C40H26.C36H24.C34H22/c1-3-12-29-24-32(22-20-27(29)10-1)31-14-9-15-33(26-31)39-35-16-5-7-18-37(35)40(38-19-8-6-17-36(38)39)34-23-21-28-11-2-4-13-30(28)25-34;1-2-13-29-25-32(24-23-27(29)11-1)40-37-20-7-5-18-35(37)39(36-19-6-8-21-38(36)40)31-16-9-15-30(26-31)34-22-10-14-28-12-3-4-17-33(28)34;1-2-11-25(12-3-1)28-15-10-16-29(23-28)35-31-17-6-8-19-33(31)36(34-20-9-7-18-32(34)35)30-22-21-26-13-4-5-14-27(26)24-30;1-2-12-25-22-26(21-20-23(25)10-1)33-29-15-5-7-17-31(29)34(32-18-8-6-16-30(32)33)28-19-9-13-24-11-3-4-14-27(24)28/h2*1-26H;1-24H;1-22H. The third-order valence-corrected chi connectivity index (χ3v) is 30.7. The Morgan fingerprint density at radius 1 is 0.0667 bits per heavy atom. The molecule has 0 amide bonds. The third-order valence-electron chi connectivity index (χ3n) is 30.7. The number of hydrogen-bond donors (Lipinski definition) is 0. The van der Waals surface area contributed by atoms with Gasteiger partial charge in [-0.3, -0.25) is 0 Å². The lowest BCUT2D eigenvalue weighted by Gasteiger charge is -2.19. The van der Waals surface area contributed by atoms with Crippen LogP contribution in [0.2, 0.25) is 0 Å². The van der Waals surface area contributed by atoms with Gasteiger partial charge in [-0.25, -0.2) is 0 Å². The lowest BCUT2D eigenvalue weighted by Crippen LogP contribution is -1.91. The molecule has 150 heavy (non-hydrogen) atoms. The van der Waals surface area contributed by atoms with E-state index in [9.17, 15) is 0 Å².